The summed E-state index contributed by atoms with van der Waals surface area (Å²) in [5.41, 5.74) is 1.13. The van der Waals surface area contributed by atoms with Gasteiger partial charge < -0.3 is 10.2 Å². The maximum absolute atomic E-state index is 4.73. The van der Waals surface area contributed by atoms with Crippen LogP contribution in [-0.2, 0) is 0 Å². The van der Waals surface area contributed by atoms with Crippen LogP contribution in [0.25, 0.3) is 0 Å². The highest BCUT2D eigenvalue weighted by Crippen LogP contribution is 2.39. The Balaban J connectivity index is 1.95. The summed E-state index contributed by atoms with van der Waals surface area (Å²) in [7, 11) is 2.05. The molecule has 1 aliphatic rings. The third-order valence-corrected chi connectivity index (χ3v) is 3.52. The topological polar surface area (TPSA) is 41.0 Å². The Labute approximate surface area is 119 Å². The van der Waals surface area contributed by atoms with Crippen LogP contribution in [0.4, 0.5) is 17.3 Å². The Bertz CT molecular complexity index is 578. The van der Waals surface area contributed by atoms with Gasteiger partial charge >= 0.3 is 0 Å². The molecule has 0 bridgehead atoms. The lowest BCUT2D eigenvalue weighted by Crippen LogP contribution is -2.14. The minimum Gasteiger partial charge on any atom is -0.370 e. The first-order valence-electron chi connectivity index (χ1n) is 7.19. The number of benzene rings is 1. The SMILES string of the molecule is CCNc1cc(N(C)c2ccccc2)nc(C2CC2)n1. The van der Waals surface area contributed by atoms with Gasteiger partial charge in [-0.05, 0) is 31.9 Å². The first kappa shape index (κ1) is 12.9. The predicted molar refractivity (Wildman–Crippen MR) is 82.7 cm³/mol. The van der Waals surface area contributed by atoms with Gasteiger partial charge in [-0.15, -0.1) is 0 Å². The second kappa shape index (κ2) is 5.49. The second-order valence-corrected chi connectivity index (χ2v) is 5.17. The van der Waals surface area contributed by atoms with Crippen molar-refractivity contribution < 1.29 is 0 Å². The molecule has 0 aliphatic heterocycles. The fraction of sp³-hybridized carbons (Fsp3) is 0.375. The lowest BCUT2D eigenvalue weighted by Gasteiger charge is -2.19. The molecule has 1 N–H and O–H groups in total. The van der Waals surface area contributed by atoms with E-state index in [-0.39, 0.29) is 0 Å². The smallest absolute Gasteiger partial charge is 0.138 e. The standard InChI is InChI=1S/C16H20N4/c1-3-17-14-11-15(19-16(18-14)12-9-10-12)20(2)13-7-5-4-6-8-13/h4-8,11-12H,3,9-10H2,1-2H3,(H,17,18,19). The second-order valence-electron chi connectivity index (χ2n) is 5.17. The fourth-order valence-electron chi connectivity index (χ4n) is 2.20. The number of hydrogen-bond acceptors (Lipinski definition) is 4. The highest BCUT2D eigenvalue weighted by atomic mass is 15.2. The molecule has 0 atom stereocenters. The van der Waals surface area contributed by atoms with Crippen LogP contribution in [0.2, 0.25) is 0 Å². The average molecular weight is 268 g/mol. The zero-order chi connectivity index (χ0) is 13.9. The Hall–Kier alpha value is -2.10. The van der Waals surface area contributed by atoms with Gasteiger partial charge in [-0.2, -0.15) is 0 Å². The molecule has 4 nitrogen and oxygen atoms in total. The van der Waals surface area contributed by atoms with Crippen LogP contribution in [0.3, 0.4) is 0 Å². The first-order valence-corrected chi connectivity index (χ1v) is 7.19. The van der Waals surface area contributed by atoms with E-state index in [0.717, 1.165) is 29.7 Å². The van der Waals surface area contributed by atoms with Crippen LogP contribution in [0.5, 0.6) is 0 Å². The summed E-state index contributed by atoms with van der Waals surface area (Å²) in [4.78, 5) is 11.4. The zero-order valence-corrected chi connectivity index (χ0v) is 12.0. The first-order chi connectivity index (χ1) is 9.78. The Morgan fingerprint density at radius 3 is 2.60 bits per heavy atom. The number of nitrogens with zero attached hydrogens (tertiary/aromatic N) is 3. The van der Waals surface area contributed by atoms with Crippen molar-refractivity contribution >= 4 is 17.3 Å². The summed E-state index contributed by atoms with van der Waals surface area (Å²) in [6, 6.07) is 12.3. The molecule has 0 unspecified atom stereocenters. The van der Waals surface area contributed by atoms with Crippen LogP contribution in [0.15, 0.2) is 36.4 Å². The average Bonchev–Trinajstić information content (AvgIpc) is 3.32. The maximum atomic E-state index is 4.73. The number of hydrogen-bond donors (Lipinski definition) is 1. The zero-order valence-electron chi connectivity index (χ0n) is 12.0. The number of aromatic nitrogens is 2. The molecule has 3 rings (SSSR count). The van der Waals surface area contributed by atoms with Crippen molar-refractivity contribution in [1.82, 2.24) is 9.97 Å². The molecular weight excluding hydrogens is 248 g/mol. The molecule has 0 amide bonds. The molecule has 1 aromatic heterocycles. The molecule has 1 heterocycles. The van der Waals surface area contributed by atoms with E-state index in [4.69, 9.17) is 4.98 Å². The van der Waals surface area contributed by atoms with Gasteiger partial charge in [0.25, 0.3) is 0 Å². The van der Waals surface area contributed by atoms with Crippen LogP contribution >= 0.6 is 0 Å². The number of para-hydroxylation sites is 1. The van der Waals surface area contributed by atoms with Gasteiger partial charge in [0.05, 0.1) is 0 Å². The summed E-state index contributed by atoms with van der Waals surface area (Å²) in [5.74, 6) is 3.39. The predicted octanol–water partition coefficient (Wildman–Crippen LogP) is 3.55. The van der Waals surface area contributed by atoms with E-state index >= 15 is 0 Å². The quantitative estimate of drug-likeness (QED) is 0.900. The lowest BCUT2D eigenvalue weighted by molar-refractivity contribution is 0.912. The largest absolute Gasteiger partial charge is 0.370 e. The van der Waals surface area contributed by atoms with Crippen molar-refractivity contribution in [2.45, 2.75) is 25.7 Å². The molecule has 0 saturated heterocycles. The Kier molecular flexibility index (Phi) is 3.54. The minimum absolute atomic E-state index is 0.552. The maximum Gasteiger partial charge on any atom is 0.138 e. The van der Waals surface area contributed by atoms with Gasteiger partial charge in [0.1, 0.15) is 17.5 Å². The van der Waals surface area contributed by atoms with Crippen LogP contribution in [0.1, 0.15) is 31.5 Å². The van der Waals surface area contributed by atoms with Gasteiger partial charge in [0.15, 0.2) is 0 Å². The summed E-state index contributed by atoms with van der Waals surface area (Å²) in [6.07, 6.45) is 2.42. The lowest BCUT2D eigenvalue weighted by atomic mass is 10.3. The molecule has 1 aromatic carbocycles. The molecule has 1 aliphatic carbocycles. The molecule has 0 spiro atoms. The van der Waals surface area contributed by atoms with Crippen molar-refractivity contribution in [3.05, 3.63) is 42.2 Å². The summed E-state index contributed by atoms with van der Waals surface area (Å²) in [6.45, 7) is 2.95. The molecular formula is C16H20N4. The van der Waals surface area contributed by atoms with Crippen molar-refractivity contribution in [3.8, 4) is 0 Å². The van der Waals surface area contributed by atoms with E-state index in [1.165, 1.54) is 12.8 Å². The normalized spacial score (nSPS) is 14.1. The number of nitrogens with one attached hydrogen (secondary N) is 1. The van der Waals surface area contributed by atoms with Crippen molar-refractivity contribution in [2.75, 3.05) is 23.8 Å². The fourth-order valence-corrected chi connectivity index (χ4v) is 2.20. The van der Waals surface area contributed by atoms with E-state index in [0.29, 0.717) is 5.92 Å². The number of rotatable bonds is 5. The monoisotopic (exact) mass is 268 g/mol. The van der Waals surface area contributed by atoms with Gasteiger partial charge in [-0.25, -0.2) is 9.97 Å². The third kappa shape index (κ3) is 2.74. The van der Waals surface area contributed by atoms with E-state index in [1.807, 2.05) is 31.3 Å². The summed E-state index contributed by atoms with van der Waals surface area (Å²) >= 11 is 0. The van der Waals surface area contributed by atoms with E-state index in [9.17, 15) is 0 Å². The van der Waals surface area contributed by atoms with Crippen molar-refractivity contribution in [1.29, 1.82) is 0 Å². The van der Waals surface area contributed by atoms with Crippen LogP contribution in [0, 0.1) is 0 Å². The molecule has 1 saturated carbocycles. The van der Waals surface area contributed by atoms with E-state index in [1.54, 1.807) is 0 Å². The van der Waals surface area contributed by atoms with Crippen molar-refractivity contribution in [3.63, 3.8) is 0 Å². The van der Waals surface area contributed by atoms with Crippen molar-refractivity contribution in [2.24, 2.45) is 0 Å². The minimum atomic E-state index is 0.552. The van der Waals surface area contributed by atoms with Crippen LogP contribution < -0.4 is 10.2 Å². The molecule has 104 valence electrons. The highest BCUT2D eigenvalue weighted by Gasteiger charge is 2.27. The molecule has 1 fully saturated rings. The summed E-state index contributed by atoms with van der Waals surface area (Å²) in [5, 5.41) is 3.30. The van der Waals surface area contributed by atoms with Gasteiger partial charge in [0, 0.05) is 31.3 Å². The van der Waals surface area contributed by atoms with Gasteiger partial charge in [0.2, 0.25) is 0 Å². The Morgan fingerprint density at radius 2 is 1.95 bits per heavy atom. The van der Waals surface area contributed by atoms with Gasteiger partial charge in [-0.3, -0.25) is 0 Å². The third-order valence-electron chi connectivity index (χ3n) is 3.52. The van der Waals surface area contributed by atoms with E-state index < -0.39 is 0 Å². The van der Waals surface area contributed by atoms with Gasteiger partial charge in [-0.1, -0.05) is 18.2 Å². The van der Waals surface area contributed by atoms with Crippen LogP contribution in [-0.4, -0.2) is 23.6 Å². The Morgan fingerprint density at radius 1 is 1.20 bits per heavy atom. The molecule has 20 heavy (non-hydrogen) atoms. The molecule has 4 heteroatoms. The summed E-state index contributed by atoms with van der Waals surface area (Å²) < 4.78 is 0. The molecule has 0 radical (unpaired) electrons. The highest BCUT2D eigenvalue weighted by molar-refractivity contribution is 5.61. The van der Waals surface area contributed by atoms with E-state index in [2.05, 4.69) is 34.3 Å². The number of anilines is 3. The molecule has 2 aromatic rings.